The van der Waals surface area contributed by atoms with Gasteiger partial charge >= 0.3 is 0 Å². The molecule has 0 aliphatic rings. The molecule has 1 aromatic carbocycles. The van der Waals surface area contributed by atoms with Crippen LogP contribution in [0.3, 0.4) is 0 Å². The van der Waals surface area contributed by atoms with Crippen molar-refractivity contribution in [1.29, 1.82) is 0 Å². The van der Waals surface area contributed by atoms with Crippen molar-refractivity contribution in [3.05, 3.63) is 28.2 Å². The maximum absolute atomic E-state index is 11.5. The van der Waals surface area contributed by atoms with E-state index in [2.05, 4.69) is 5.32 Å². The first-order chi connectivity index (χ1) is 9.63. The van der Waals surface area contributed by atoms with Gasteiger partial charge in [-0.15, -0.1) is 0 Å². The number of halogens is 2. The molecule has 7 heteroatoms. The smallest absolute Gasteiger partial charge is 0.257 e. The summed E-state index contributed by atoms with van der Waals surface area (Å²) in [5, 5.41) is 12.3. The second kappa shape index (κ2) is 10.2. The average Bonchev–Trinajstić information content (AvgIpc) is 2.43. The SMILES string of the molecule is O=C(COc1cc(Cl)ccc1Cl)NCCSCCCO. The van der Waals surface area contributed by atoms with Crippen molar-refractivity contribution in [3.63, 3.8) is 0 Å². The van der Waals surface area contributed by atoms with Gasteiger partial charge < -0.3 is 15.2 Å². The first kappa shape index (κ1) is 17.4. The molecule has 0 aromatic heterocycles. The normalized spacial score (nSPS) is 10.3. The molecule has 4 nitrogen and oxygen atoms in total. The molecular formula is C13H17Cl2NO3S. The summed E-state index contributed by atoms with van der Waals surface area (Å²) in [6.07, 6.45) is 0.773. The number of carbonyl (C=O) groups excluding carboxylic acids is 1. The van der Waals surface area contributed by atoms with E-state index in [4.69, 9.17) is 33.0 Å². The summed E-state index contributed by atoms with van der Waals surface area (Å²) in [4.78, 5) is 11.5. The second-order valence-corrected chi connectivity index (χ2v) is 5.97. The lowest BCUT2D eigenvalue weighted by atomic mass is 10.3. The van der Waals surface area contributed by atoms with Crippen LogP contribution in [-0.2, 0) is 4.79 Å². The van der Waals surface area contributed by atoms with Gasteiger partial charge in [-0.1, -0.05) is 23.2 Å². The maximum atomic E-state index is 11.5. The number of hydrogen-bond donors (Lipinski definition) is 2. The number of carbonyl (C=O) groups is 1. The largest absolute Gasteiger partial charge is 0.482 e. The van der Waals surface area contributed by atoms with E-state index < -0.39 is 0 Å². The fourth-order valence-electron chi connectivity index (χ4n) is 1.31. The van der Waals surface area contributed by atoms with Crippen LogP contribution in [0.15, 0.2) is 18.2 Å². The molecule has 112 valence electrons. The van der Waals surface area contributed by atoms with Crippen LogP contribution in [0.5, 0.6) is 5.75 Å². The lowest BCUT2D eigenvalue weighted by molar-refractivity contribution is -0.122. The topological polar surface area (TPSA) is 58.6 Å². The van der Waals surface area contributed by atoms with Gasteiger partial charge in [0.2, 0.25) is 0 Å². The van der Waals surface area contributed by atoms with Crippen LogP contribution >= 0.6 is 35.0 Å². The molecule has 0 aliphatic heterocycles. The Hall–Kier alpha value is -0.620. The number of hydrogen-bond acceptors (Lipinski definition) is 4. The van der Waals surface area contributed by atoms with Crippen LogP contribution in [-0.4, -0.2) is 42.3 Å². The highest BCUT2D eigenvalue weighted by Gasteiger charge is 2.06. The minimum absolute atomic E-state index is 0.0959. The van der Waals surface area contributed by atoms with E-state index in [1.807, 2.05) is 0 Å². The standard InChI is InChI=1S/C13H17Cl2NO3S/c14-10-2-3-11(15)12(8-10)19-9-13(18)16-4-7-20-6-1-5-17/h2-3,8,17H,1,4-7,9H2,(H,16,18). The molecular weight excluding hydrogens is 321 g/mol. The molecule has 0 bridgehead atoms. The van der Waals surface area contributed by atoms with Crippen molar-refractivity contribution in [2.24, 2.45) is 0 Å². The van der Waals surface area contributed by atoms with Crippen molar-refractivity contribution in [2.45, 2.75) is 6.42 Å². The molecule has 1 aromatic rings. The Morgan fingerprint density at radius 1 is 1.35 bits per heavy atom. The third kappa shape index (κ3) is 7.24. The Bertz CT molecular complexity index is 432. The number of benzene rings is 1. The van der Waals surface area contributed by atoms with E-state index in [1.165, 1.54) is 0 Å². The molecule has 20 heavy (non-hydrogen) atoms. The molecule has 0 saturated heterocycles. The number of rotatable bonds is 9. The van der Waals surface area contributed by atoms with Gasteiger partial charge in [-0.05, 0) is 24.3 Å². The number of aliphatic hydroxyl groups excluding tert-OH is 1. The van der Waals surface area contributed by atoms with Gasteiger partial charge in [0.1, 0.15) is 5.75 Å². The zero-order chi connectivity index (χ0) is 14.8. The van der Waals surface area contributed by atoms with Crippen molar-refractivity contribution < 1.29 is 14.6 Å². The van der Waals surface area contributed by atoms with Crippen LogP contribution in [0.2, 0.25) is 10.0 Å². The maximum Gasteiger partial charge on any atom is 0.257 e. The van der Waals surface area contributed by atoms with E-state index in [0.29, 0.717) is 22.3 Å². The number of amides is 1. The van der Waals surface area contributed by atoms with E-state index >= 15 is 0 Å². The first-order valence-electron chi connectivity index (χ1n) is 6.16. The first-order valence-corrected chi connectivity index (χ1v) is 8.07. The number of aliphatic hydroxyl groups is 1. The molecule has 1 rings (SSSR count). The van der Waals surface area contributed by atoms with Gasteiger partial charge in [0.25, 0.3) is 5.91 Å². The van der Waals surface area contributed by atoms with Crippen LogP contribution in [0.25, 0.3) is 0 Å². The summed E-state index contributed by atoms with van der Waals surface area (Å²) >= 11 is 13.4. The summed E-state index contributed by atoms with van der Waals surface area (Å²) in [5.74, 6) is 1.89. The van der Waals surface area contributed by atoms with E-state index in [9.17, 15) is 4.79 Å². The lowest BCUT2D eigenvalue weighted by Crippen LogP contribution is -2.30. The molecule has 1 amide bonds. The molecule has 2 N–H and O–H groups in total. The molecule has 0 unspecified atom stereocenters. The minimum Gasteiger partial charge on any atom is -0.482 e. The molecule has 0 atom stereocenters. The molecule has 0 radical (unpaired) electrons. The van der Waals surface area contributed by atoms with Gasteiger partial charge in [-0.25, -0.2) is 0 Å². The summed E-state index contributed by atoms with van der Waals surface area (Å²) < 4.78 is 5.31. The number of thioether (sulfide) groups is 1. The van der Waals surface area contributed by atoms with Crippen LogP contribution in [0.1, 0.15) is 6.42 Å². The summed E-state index contributed by atoms with van der Waals surface area (Å²) in [7, 11) is 0. The highest BCUT2D eigenvalue weighted by atomic mass is 35.5. The van der Waals surface area contributed by atoms with Crippen molar-refractivity contribution >= 4 is 40.9 Å². The third-order valence-electron chi connectivity index (χ3n) is 2.27. The Morgan fingerprint density at radius 2 is 2.15 bits per heavy atom. The van der Waals surface area contributed by atoms with Gasteiger partial charge in [0.15, 0.2) is 6.61 Å². The minimum atomic E-state index is -0.205. The molecule has 0 saturated carbocycles. The summed E-state index contributed by atoms with van der Waals surface area (Å²) in [6, 6.07) is 4.84. The van der Waals surface area contributed by atoms with Crippen LogP contribution in [0.4, 0.5) is 0 Å². The zero-order valence-corrected chi connectivity index (χ0v) is 13.2. The van der Waals surface area contributed by atoms with Gasteiger partial charge in [0, 0.05) is 30.0 Å². The van der Waals surface area contributed by atoms with Crippen molar-refractivity contribution in [2.75, 3.05) is 31.3 Å². The quantitative estimate of drug-likeness (QED) is 0.680. The van der Waals surface area contributed by atoms with Gasteiger partial charge in [0.05, 0.1) is 5.02 Å². The Morgan fingerprint density at radius 3 is 2.90 bits per heavy atom. The zero-order valence-electron chi connectivity index (χ0n) is 10.9. The van der Waals surface area contributed by atoms with Gasteiger partial charge in [-0.3, -0.25) is 4.79 Å². The predicted molar refractivity (Wildman–Crippen MR) is 84.0 cm³/mol. The molecule has 0 spiro atoms. The number of ether oxygens (including phenoxy) is 1. The van der Waals surface area contributed by atoms with Crippen LogP contribution < -0.4 is 10.1 Å². The molecule has 0 aliphatic carbocycles. The number of nitrogens with one attached hydrogen (secondary N) is 1. The summed E-state index contributed by atoms with van der Waals surface area (Å²) in [6.45, 7) is 0.677. The predicted octanol–water partition coefficient (Wildman–Crippen LogP) is 2.60. The average molecular weight is 338 g/mol. The van der Waals surface area contributed by atoms with Crippen LogP contribution in [0, 0.1) is 0 Å². The third-order valence-corrected chi connectivity index (χ3v) is 3.88. The molecule has 0 fully saturated rings. The molecule has 0 heterocycles. The van der Waals surface area contributed by atoms with Crippen molar-refractivity contribution in [1.82, 2.24) is 5.32 Å². The fraction of sp³-hybridized carbons (Fsp3) is 0.462. The second-order valence-electron chi connectivity index (χ2n) is 3.90. The fourth-order valence-corrected chi connectivity index (χ4v) is 2.43. The Balaban J connectivity index is 2.18. The Labute approximate surface area is 132 Å². The Kier molecular flexibility index (Phi) is 8.85. The highest BCUT2D eigenvalue weighted by Crippen LogP contribution is 2.27. The van der Waals surface area contributed by atoms with Gasteiger partial charge in [-0.2, -0.15) is 11.8 Å². The highest BCUT2D eigenvalue weighted by molar-refractivity contribution is 7.99. The summed E-state index contributed by atoms with van der Waals surface area (Å²) in [5.41, 5.74) is 0. The van der Waals surface area contributed by atoms with E-state index in [0.717, 1.165) is 17.9 Å². The monoisotopic (exact) mass is 337 g/mol. The lowest BCUT2D eigenvalue weighted by Gasteiger charge is -2.09. The van der Waals surface area contributed by atoms with Crippen molar-refractivity contribution in [3.8, 4) is 5.75 Å². The van der Waals surface area contributed by atoms with E-state index in [1.54, 1.807) is 30.0 Å². The van der Waals surface area contributed by atoms with E-state index in [-0.39, 0.29) is 19.1 Å².